The number of rotatable bonds is 2. The normalized spacial score (nSPS) is 9.27. The highest BCUT2D eigenvalue weighted by Crippen LogP contribution is 2.23. The molecule has 11 heavy (non-hydrogen) atoms. The van der Waals surface area contributed by atoms with Crippen LogP contribution in [0.2, 0.25) is 5.02 Å². The summed E-state index contributed by atoms with van der Waals surface area (Å²) in [6, 6.07) is 4.72. The van der Waals surface area contributed by atoms with Crippen molar-refractivity contribution in [3.05, 3.63) is 28.8 Å². The molecule has 0 aliphatic heterocycles. The number of hydrogen-bond donors (Lipinski definition) is 0. The smallest absolute Gasteiger partial charge is 0.233 e. The van der Waals surface area contributed by atoms with Crippen LogP contribution in [0.1, 0.15) is 5.56 Å². The van der Waals surface area contributed by atoms with Crippen molar-refractivity contribution < 1.29 is 9.53 Å². The van der Waals surface area contributed by atoms with Gasteiger partial charge in [0.1, 0.15) is 5.75 Å². The maximum atomic E-state index is 10.2. The summed E-state index contributed by atoms with van der Waals surface area (Å²) in [5.41, 5.74) is 0.436. The van der Waals surface area contributed by atoms with Crippen LogP contribution < -0.4 is 4.74 Å². The van der Waals surface area contributed by atoms with Gasteiger partial charge in [-0.15, -0.1) is 0 Å². The van der Waals surface area contributed by atoms with Crippen LogP contribution in [0.5, 0.6) is 5.75 Å². The molecule has 0 amide bonds. The molecular weight excluding hydrogens is 164 g/mol. The van der Waals surface area contributed by atoms with Crippen molar-refractivity contribution in [3.8, 4) is 5.75 Å². The van der Waals surface area contributed by atoms with E-state index in [-0.39, 0.29) is 0 Å². The van der Waals surface area contributed by atoms with E-state index in [0.717, 1.165) is 0 Å². The fraction of sp³-hybridized carbons (Fsp3) is 0.125. The van der Waals surface area contributed by atoms with Gasteiger partial charge in [-0.05, 0) is 18.2 Å². The van der Waals surface area contributed by atoms with Gasteiger partial charge in [0, 0.05) is 5.56 Å². The zero-order chi connectivity index (χ0) is 8.27. The van der Waals surface area contributed by atoms with Gasteiger partial charge < -0.3 is 4.74 Å². The van der Waals surface area contributed by atoms with Gasteiger partial charge in [-0.3, -0.25) is 4.79 Å². The van der Waals surface area contributed by atoms with Crippen molar-refractivity contribution in [1.82, 2.24) is 0 Å². The van der Waals surface area contributed by atoms with Crippen LogP contribution in [-0.4, -0.2) is 13.4 Å². The molecule has 1 aromatic rings. The number of methoxy groups -OCH3 is 1. The molecule has 0 fully saturated rings. The van der Waals surface area contributed by atoms with E-state index in [1.807, 2.05) is 0 Å². The zero-order valence-electron chi connectivity index (χ0n) is 5.93. The molecule has 1 aromatic carbocycles. The van der Waals surface area contributed by atoms with Gasteiger partial charge in [-0.25, -0.2) is 0 Å². The van der Waals surface area contributed by atoms with Crippen molar-refractivity contribution in [2.24, 2.45) is 0 Å². The standard InChI is InChI=1S/C8H6ClO2/c1-11-8-4-6(5-10)2-3-7(8)9/h2-4H,1H3. The minimum Gasteiger partial charge on any atom is -0.495 e. The van der Waals surface area contributed by atoms with Crippen molar-refractivity contribution >= 4 is 17.9 Å². The molecule has 3 heteroatoms. The lowest BCUT2D eigenvalue weighted by molar-refractivity contribution is 0.415. The highest BCUT2D eigenvalue weighted by atomic mass is 35.5. The van der Waals surface area contributed by atoms with Crippen LogP contribution in [0.3, 0.4) is 0 Å². The van der Waals surface area contributed by atoms with Crippen LogP contribution in [0.25, 0.3) is 0 Å². The molecule has 0 spiro atoms. The van der Waals surface area contributed by atoms with E-state index in [1.165, 1.54) is 13.2 Å². The molecule has 0 atom stereocenters. The average molecular weight is 170 g/mol. The highest BCUT2D eigenvalue weighted by molar-refractivity contribution is 6.32. The Morgan fingerprint density at radius 3 is 2.82 bits per heavy atom. The van der Waals surface area contributed by atoms with Crippen molar-refractivity contribution in [2.45, 2.75) is 0 Å². The van der Waals surface area contributed by atoms with Gasteiger partial charge in [-0.1, -0.05) is 11.6 Å². The van der Waals surface area contributed by atoms with Crippen LogP contribution in [0, 0.1) is 0 Å². The summed E-state index contributed by atoms with van der Waals surface area (Å²) >= 11 is 5.70. The second-order valence-electron chi connectivity index (χ2n) is 1.95. The number of benzene rings is 1. The topological polar surface area (TPSA) is 26.3 Å². The quantitative estimate of drug-likeness (QED) is 0.675. The van der Waals surface area contributed by atoms with Gasteiger partial charge in [0.15, 0.2) is 0 Å². The lowest BCUT2D eigenvalue weighted by Gasteiger charge is -2.01. The van der Waals surface area contributed by atoms with E-state index in [0.29, 0.717) is 16.3 Å². The molecule has 0 unspecified atom stereocenters. The van der Waals surface area contributed by atoms with E-state index in [9.17, 15) is 4.79 Å². The summed E-state index contributed by atoms with van der Waals surface area (Å²) in [5.74, 6) is 0.493. The van der Waals surface area contributed by atoms with E-state index < -0.39 is 0 Å². The maximum Gasteiger partial charge on any atom is 0.233 e. The van der Waals surface area contributed by atoms with Crippen molar-refractivity contribution in [3.63, 3.8) is 0 Å². The third kappa shape index (κ3) is 1.71. The van der Waals surface area contributed by atoms with Gasteiger partial charge in [0.25, 0.3) is 0 Å². The molecule has 0 N–H and O–H groups in total. The van der Waals surface area contributed by atoms with Gasteiger partial charge in [-0.2, -0.15) is 0 Å². The average Bonchev–Trinajstić information content (AvgIpc) is 2.05. The molecule has 1 rings (SSSR count). The Balaban J connectivity index is 3.12. The summed E-state index contributed by atoms with van der Waals surface area (Å²) < 4.78 is 4.88. The summed E-state index contributed by atoms with van der Waals surface area (Å²) in [5, 5.41) is 0.492. The Bertz CT molecular complexity index is 271. The number of carbonyl (C=O) groups excluding carboxylic acids is 1. The fourth-order valence-corrected chi connectivity index (χ4v) is 0.918. The lowest BCUT2D eigenvalue weighted by Crippen LogP contribution is -1.86. The third-order valence-electron chi connectivity index (χ3n) is 1.27. The Morgan fingerprint density at radius 2 is 2.27 bits per heavy atom. The molecule has 0 saturated heterocycles. The van der Waals surface area contributed by atoms with Crippen LogP contribution in [0.4, 0.5) is 0 Å². The number of halogens is 1. The van der Waals surface area contributed by atoms with Crippen molar-refractivity contribution in [2.75, 3.05) is 7.11 Å². The molecule has 0 saturated carbocycles. The largest absolute Gasteiger partial charge is 0.495 e. The molecular formula is C8H6ClO2. The van der Waals surface area contributed by atoms with Gasteiger partial charge in [0.2, 0.25) is 6.29 Å². The fourth-order valence-electron chi connectivity index (χ4n) is 0.723. The maximum absolute atomic E-state index is 10.2. The second kappa shape index (κ2) is 3.39. The molecule has 0 bridgehead atoms. The minimum atomic E-state index is 0.436. The van der Waals surface area contributed by atoms with Gasteiger partial charge >= 0.3 is 0 Å². The molecule has 0 aromatic heterocycles. The molecule has 1 radical (unpaired) electrons. The van der Waals surface area contributed by atoms with E-state index >= 15 is 0 Å². The first kappa shape index (κ1) is 8.08. The summed E-state index contributed by atoms with van der Waals surface area (Å²) in [6.45, 7) is 0. The van der Waals surface area contributed by atoms with E-state index in [4.69, 9.17) is 16.3 Å². The third-order valence-corrected chi connectivity index (χ3v) is 1.58. The highest BCUT2D eigenvalue weighted by Gasteiger charge is 2.00. The second-order valence-corrected chi connectivity index (χ2v) is 2.36. The Kier molecular flexibility index (Phi) is 2.49. The number of hydrogen-bond acceptors (Lipinski definition) is 2. The van der Waals surface area contributed by atoms with Crippen molar-refractivity contribution in [1.29, 1.82) is 0 Å². The van der Waals surface area contributed by atoms with Crippen LogP contribution >= 0.6 is 11.6 Å². The summed E-state index contributed by atoms with van der Waals surface area (Å²) in [7, 11) is 1.50. The summed E-state index contributed by atoms with van der Waals surface area (Å²) in [6.07, 6.45) is 1.74. The van der Waals surface area contributed by atoms with E-state index in [2.05, 4.69) is 0 Å². The molecule has 57 valence electrons. The first-order chi connectivity index (χ1) is 5.27. The Morgan fingerprint density at radius 1 is 1.55 bits per heavy atom. The van der Waals surface area contributed by atoms with Crippen LogP contribution in [0.15, 0.2) is 18.2 Å². The van der Waals surface area contributed by atoms with Gasteiger partial charge in [0.05, 0.1) is 12.1 Å². The lowest BCUT2D eigenvalue weighted by atomic mass is 10.2. The van der Waals surface area contributed by atoms with Crippen LogP contribution in [-0.2, 0) is 4.79 Å². The predicted molar refractivity (Wildman–Crippen MR) is 42.8 cm³/mol. The minimum absolute atomic E-state index is 0.436. The predicted octanol–water partition coefficient (Wildman–Crippen LogP) is 1.81. The van der Waals surface area contributed by atoms with E-state index in [1.54, 1.807) is 18.4 Å². The molecule has 2 nitrogen and oxygen atoms in total. The number of ether oxygens (including phenoxy) is 1. The SMILES string of the molecule is COc1cc([C]=O)ccc1Cl. The molecule has 0 aliphatic carbocycles. The Labute approximate surface area is 69.7 Å². The molecule has 0 aliphatic rings. The molecule has 0 heterocycles. The first-order valence-corrected chi connectivity index (χ1v) is 3.37. The monoisotopic (exact) mass is 169 g/mol. The Hall–Kier alpha value is -1.02. The zero-order valence-corrected chi connectivity index (χ0v) is 6.68. The first-order valence-electron chi connectivity index (χ1n) is 2.99. The summed E-state index contributed by atoms with van der Waals surface area (Å²) in [4.78, 5) is 10.2.